The lowest BCUT2D eigenvalue weighted by Crippen LogP contribution is -2.51. The topological polar surface area (TPSA) is 40.6 Å². The van der Waals surface area contributed by atoms with Crippen LogP contribution in [0.4, 0.5) is 8.78 Å². The average molecular weight is 505 g/mol. The van der Waals surface area contributed by atoms with E-state index in [0.29, 0.717) is 34.7 Å². The van der Waals surface area contributed by atoms with Crippen molar-refractivity contribution in [3.8, 4) is 10.4 Å². The fourth-order valence-corrected chi connectivity index (χ4v) is 6.32. The Balaban J connectivity index is 1.45. The summed E-state index contributed by atoms with van der Waals surface area (Å²) >= 11 is 1.25. The summed E-state index contributed by atoms with van der Waals surface area (Å²) in [6.45, 7) is 6.17. The molecule has 5 rings (SSSR count). The molecule has 1 aromatic heterocycles. The van der Waals surface area contributed by atoms with Gasteiger partial charge in [-0.3, -0.25) is 9.59 Å². The van der Waals surface area contributed by atoms with E-state index < -0.39 is 11.6 Å². The third-order valence-electron chi connectivity index (χ3n) is 6.95. The van der Waals surface area contributed by atoms with Crippen molar-refractivity contribution in [1.29, 1.82) is 0 Å². The van der Waals surface area contributed by atoms with Gasteiger partial charge >= 0.3 is 0 Å². The molecular weight excluding hydrogens is 478 g/mol. The maximum atomic E-state index is 13.8. The molecule has 0 spiro atoms. The number of hydrogen-bond acceptors (Lipinski definition) is 3. The quantitative estimate of drug-likeness (QED) is 0.354. The molecular formula is C29H26F2N2O2S. The van der Waals surface area contributed by atoms with E-state index in [-0.39, 0.29) is 29.9 Å². The Hall–Kier alpha value is -3.58. The number of piperidine rings is 1. The lowest BCUT2D eigenvalue weighted by atomic mass is 9.88. The van der Waals surface area contributed by atoms with Crippen LogP contribution in [-0.2, 0) is 0 Å². The van der Waals surface area contributed by atoms with Gasteiger partial charge in [-0.2, -0.15) is 0 Å². The molecule has 36 heavy (non-hydrogen) atoms. The second-order valence-corrected chi connectivity index (χ2v) is 10.2. The second kappa shape index (κ2) is 9.82. The zero-order valence-electron chi connectivity index (χ0n) is 19.9. The predicted octanol–water partition coefficient (Wildman–Crippen LogP) is 6.63. The lowest BCUT2D eigenvalue weighted by Gasteiger charge is -2.44. The maximum absolute atomic E-state index is 13.8. The number of halogens is 2. The summed E-state index contributed by atoms with van der Waals surface area (Å²) in [6, 6.07) is 14.6. The van der Waals surface area contributed by atoms with Crippen LogP contribution in [-0.4, -0.2) is 40.2 Å². The molecule has 0 radical (unpaired) electrons. The van der Waals surface area contributed by atoms with Gasteiger partial charge < -0.3 is 9.80 Å². The first-order valence-electron chi connectivity index (χ1n) is 11.9. The van der Waals surface area contributed by atoms with Crippen molar-refractivity contribution in [1.82, 2.24) is 9.80 Å². The van der Waals surface area contributed by atoms with E-state index in [0.717, 1.165) is 23.3 Å². The Morgan fingerprint density at radius 1 is 1.14 bits per heavy atom. The van der Waals surface area contributed by atoms with Crippen LogP contribution in [0.15, 0.2) is 79.4 Å². The number of allylic oxidation sites excluding steroid dienone is 1. The minimum atomic E-state index is -0.921. The maximum Gasteiger partial charge on any atom is 0.264 e. The summed E-state index contributed by atoms with van der Waals surface area (Å²) < 4.78 is 27.1. The number of carbonyl (C=O) groups is 2. The van der Waals surface area contributed by atoms with Crippen molar-refractivity contribution in [2.24, 2.45) is 0 Å². The van der Waals surface area contributed by atoms with Gasteiger partial charge in [0.2, 0.25) is 0 Å². The monoisotopic (exact) mass is 504 g/mol. The smallest absolute Gasteiger partial charge is 0.264 e. The molecule has 3 aromatic rings. The molecule has 2 amide bonds. The molecule has 2 aliphatic rings. The fourth-order valence-electron chi connectivity index (χ4n) is 5.37. The highest BCUT2D eigenvalue weighted by Gasteiger charge is 2.46. The van der Waals surface area contributed by atoms with Crippen LogP contribution in [0.1, 0.15) is 51.4 Å². The van der Waals surface area contributed by atoms with E-state index in [2.05, 4.69) is 6.58 Å². The van der Waals surface area contributed by atoms with Crippen LogP contribution in [0.5, 0.6) is 0 Å². The van der Waals surface area contributed by atoms with Gasteiger partial charge in [0, 0.05) is 23.0 Å². The normalized spacial score (nSPS) is 20.9. The number of benzene rings is 2. The first kappa shape index (κ1) is 24.1. The number of fused-ring (bicyclic) bond motifs is 3. The van der Waals surface area contributed by atoms with E-state index in [9.17, 15) is 18.4 Å². The predicted molar refractivity (Wildman–Crippen MR) is 138 cm³/mol. The molecule has 3 atom stereocenters. The van der Waals surface area contributed by atoms with E-state index in [1.165, 1.54) is 17.4 Å². The minimum absolute atomic E-state index is 0.0353. The number of thiophene rings is 1. The molecule has 0 aliphatic carbocycles. The van der Waals surface area contributed by atoms with Crippen LogP contribution in [0.3, 0.4) is 0 Å². The molecule has 3 heterocycles. The summed E-state index contributed by atoms with van der Waals surface area (Å²) in [4.78, 5) is 31.9. The third kappa shape index (κ3) is 4.17. The molecule has 0 bridgehead atoms. The van der Waals surface area contributed by atoms with Crippen molar-refractivity contribution >= 4 is 23.2 Å². The van der Waals surface area contributed by atoms with E-state index in [1.54, 1.807) is 18.2 Å². The molecule has 4 nitrogen and oxygen atoms in total. The molecule has 1 fully saturated rings. The number of carbonyl (C=O) groups excluding carboxylic acids is 2. The Labute approximate surface area is 213 Å². The number of nitrogens with zero attached hydrogens (tertiary/aromatic N) is 2. The molecule has 0 N–H and O–H groups in total. The number of amides is 2. The van der Waals surface area contributed by atoms with Crippen LogP contribution >= 0.6 is 11.3 Å². The van der Waals surface area contributed by atoms with Crippen molar-refractivity contribution in [3.05, 3.63) is 107 Å². The molecule has 0 unspecified atom stereocenters. The summed E-state index contributed by atoms with van der Waals surface area (Å²) in [5, 5.41) is 0. The van der Waals surface area contributed by atoms with Crippen LogP contribution in [0, 0.1) is 11.6 Å². The largest absolute Gasteiger partial charge is 0.331 e. The van der Waals surface area contributed by atoms with Gasteiger partial charge in [-0.15, -0.1) is 17.9 Å². The van der Waals surface area contributed by atoms with Gasteiger partial charge in [0.1, 0.15) is 0 Å². The van der Waals surface area contributed by atoms with Crippen molar-refractivity contribution in [2.45, 2.75) is 37.9 Å². The molecule has 7 heteroatoms. The molecule has 2 aliphatic heterocycles. The van der Waals surface area contributed by atoms with E-state index in [4.69, 9.17) is 0 Å². The third-order valence-corrected chi connectivity index (χ3v) is 8.07. The van der Waals surface area contributed by atoms with Gasteiger partial charge in [-0.25, -0.2) is 8.78 Å². The summed E-state index contributed by atoms with van der Waals surface area (Å²) in [7, 11) is 0. The highest BCUT2D eigenvalue weighted by atomic mass is 32.1. The number of rotatable bonds is 6. The standard InChI is InChI=1S/C29H26F2N2O2S/c1-3-7-19-16-20(17-25-21-8-5-6-9-22(21)28(34)33(19)25)32(14-4-2)29(35)27-13-12-26(36-27)18-10-11-23(30)24(31)15-18/h3-13,15,19-20,25H,2,14,16-17H2,1H3/b7-3+/t19-,20-,25+/m1/s1. The first-order chi connectivity index (χ1) is 17.4. The van der Waals surface area contributed by atoms with Crippen molar-refractivity contribution in [2.75, 3.05) is 6.54 Å². The highest BCUT2D eigenvalue weighted by molar-refractivity contribution is 7.17. The highest BCUT2D eigenvalue weighted by Crippen LogP contribution is 2.44. The molecule has 184 valence electrons. The SMILES string of the molecule is C=CCN(C(=O)c1ccc(-c2ccc(F)c(F)c2)s1)[C@@H]1C[C@@H](/C=C/C)N2C(=O)c3ccccc3[C@@H]2C1. The lowest BCUT2D eigenvalue weighted by molar-refractivity contribution is 0.0350. The summed E-state index contributed by atoms with van der Waals surface area (Å²) in [6.07, 6.45) is 6.96. The van der Waals surface area contributed by atoms with Crippen LogP contribution in [0.2, 0.25) is 0 Å². The van der Waals surface area contributed by atoms with Gasteiger partial charge in [0.25, 0.3) is 11.8 Å². The fraction of sp³-hybridized carbons (Fsp3) is 0.241. The minimum Gasteiger partial charge on any atom is -0.331 e. The zero-order valence-corrected chi connectivity index (χ0v) is 20.7. The average Bonchev–Trinajstić information content (AvgIpc) is 3.48. The molecule has 1 saturated heterocycles. The summed E-state index contributed by atoms with van der Waals surface area (Å²) in [5.41, 5.74) is 2.26. The molecule has 0 saturated carbocycles. The van der Waals surface area contributed by atoms with Gasteiger partial charge in [-0.1, -0.05) is 42.5 Å². The van der Waals surface area contributed by atoms with Gasteiger partial charge in [0.05, 0.1) is 17.0 Å². The number of hydrogen-bond donors (Lipinski definition) is 0. The van der Waals surface area contributed by atoms with Gasteiger partial charge in [0.15, 0.2) is 11.6 Å². The Kier molecular flexibility index (Phi) is 6.58. The Bertz CT molecular complexity index is 1360. The van der Waals surface area contributed by atoms with E-state index >= 15 is 0 Å². The second-order valence-electron chi connectivity index (χ2n) is 9.07. The summed E-state index contributed by atoms with van der Waals surface area (Å²) in [5.74, 6) is -1.93. The first-order valence-corrected chi connectivity index (χ1v) is 12.8. The Morgan fingerprint density at radius 2 is 1.94 bits per heavy atom. The molecule has 2 aromatic carbocycles. The van der Waals surface area contributed by atoms with Crippen molar-refractivity contribution < 1.29 is 18.4 Å². The Morgan fingerprint density at radius 3 is 2.69 bits per heavy atom. The zero-order chi connectivity index (χ0) is 25.4. The van der Waals surface area contributed by atoms with E-state index in [1.807, 2.05) is 53.1 Å². The van der Waals surface area contributed by atoms with Crippen LogP contribution < -0.4 is 0 Å². The van der Waals surface area contributed by atoms with Gasteiger partial charge in [-0.05, 0) is 61.2 Å². The van der Waals surface area contributed by atoms with Crippen LogP contribution in [0.25, 0.3) is 10.4 Å². The van der Waals surface area contributed by atoms with Crippen molar-refractivity contribution in [3.63, 3.8) is 0 Å².